The van der Waals surface area contributed by atoms with Gasteiger partial charge in [-0.2, -0.15) is 0 Å². The van der Waals surface area contributed by atoms with Gasteiger partial charge in [0, 0.05) is 11.6 Å². The van der Waals surface area contributed by atoms with Crippen LogP contribution in [0.1, 0.15) is 17.3 Å². The number of hydrogen-bond acceptors (Lipinski definition) is 4. The van der Waals surface area contributed by atoms with Crippen molar-refractivity contribution >= 4 is 27.4 Å². The van der Waals surface area contributed by atoms with Crippen molar-refractivity contribution < 1.29 is 27.6 Å². The summed E-state index contributed by atoms with van der Waals surface area (Å²) in [6.07, 6.45) is -5.06. The molecular weight excluding hydrogens is 323 g/mol. The number of hydrogen-bond donors (Lipinski definition) is 0. The van der Waals surface area contributed by atoms with E-state index < -0.39 is 28.5 Å². The van der Waals surface area contributed by atoms with Crippen LogP contribution in [0.2, 0.25) is 0 Å². The van der Waals surface area contributed by atoms with Gasteiger partial charge in [0.15, 0.2) is 5.78 Å². The molecule has 9 heteroatoms. The normalized spacial score (nSPS) is 11.2. The Labute approximate surface area is 107 Å². The van der Waals surface area contributed by atoms with E-state index in [4.69, 9.17) is 0 Å². The van der Waals surface area contributed by atoms with E-state index in [0.29, 0.717) is 0 Å². The number of nitrogens with zero attached hydrogens (tertiary/aromatic N) is 1. The van der Waals surface area contributed by atoms with Crippen LogP contribution in [-0.2, 0) is 0 Å². The molecule has 0 amide bonds. The fourth-order valence-corrected chi connectivity index (χ4v) is 1.67. The molecule has 0 saturated carbocycles. The highest BCUT2D eigenvalue weighted by atomic mass is 79.9. The molecule has 0 aliphatic carbocycles. The highest BCUT2D eigenvalue weighted by Crippen LogP contribution is 2.39. The standard InChI is InChI=1S/C9H5BrF3NO4/c1-4(15)5-2-6(10)8(18-9(11,12)13)7(3-5)14(16)17/h2-3H,1H3. The Morgan fingerprint density at radius 3 is 2.39 bits per heavy atom. The molecule has 0 aliphatic rings. The first-order valence-electron chi connectivity index (χ1n) is 4.36. The number of rotatable bonds is 3. The van der Waals surface area contributed by atoms with Crippen molar-refractivity contribution in [1.82, 2.24) is 0 Å². The topological polar surface area (TPSA) is 69.4 Å². The van der Waals surface area contributed by atoms with Crippen molar-refractivity contribution in [1.29, 1.82) is 0 Å². The van der Waals surface area contributed by atoms with Crippen LogP contribution < -0.4 is 4.74 Å². The number of carbonyl (C=O) groups excluding carboxylic acids is 1. The van der Waals surface area contributed by atoms with Crippen LogP contribution in [0.4, 0.5) is 18.9 Å². The second kappa shape index (κ2) is 4.92. The Balaban J connectivity index is 3.41. The van der Waals surface area contributed by atoms with Gasteiger partial charge in [-0.3, -0.25) is 14.9 Å². The van der Waals surface area contributed by atoms with Gasteiger partial charge >= 0.3 is 12.0 Å². The number of ketones is 1. The third-order valence-electron chi connectivity index (χ3n) is 1.85. The van der Waals surface area contributed by atoms with Crippen molar-refractivity contribution in [2.45, 2.75) is 13.3 Å². The molecule has 0 heterocycles. The predicted molar refractivity (Wildman–Crippen MR) is 57.5 cm³/mol. The van der Waals surface area contributed by atoms with Crippen molar-refractivity contribution in [3.63, 3.8) is 0 Å². The molecule has 0 radical (unpaired) electrons. The molecule has 98 valence electrons. The third kappa shape index (κ3) is 3.42. The Bertz CT molecular complexity index is 515. The van der Waals surface area contributed by atoms with E-state index in [1.807, 2.05) is 0 Å². The van der Waals surface area contributed by atoms with Gasteiger partial charge in [-0.25, -0.2) is 0 Å². The van der Waals surface area contributed by atoms with E-state index >= 15 is 0 Å². The van der Waals surface area contributed by atoms with Crippen molar-refractivity contribution in [3.05, 3.63) is 32.3 Å². The van der Waals surface area contributed by atoms with Gasteiger partial charge in [-0.15, -0.1) is 13.2 Å². The molecule has 0 atom stereocenters. The van der Waals surface area contributed by atoms with Gasteiger partial charge in [-0.1, -0.05) is 0 Å². The van der Waals surface area contributed by atoms with Crippen LogP contribution in [0, 0.1) is 10.1 Å². The SMILES string of the molecule is CC(=O)c1cc(Br)c(OC(F)(F)F)c([N+](=O)[O-])c1. The molecular formula is C9H5BrF3NO4. The average molecular weight is 328 g/mol. The van der Waals surface area contributed by atoms with Gasteiger partial charge < -0.3 is 4.74 Å². The maximum Gasteiger partial charge on any atom is 0.573 e. The quantitative estimate of drug-likeness (QED) is 0.484. The molecule has 0 unspecified atom stereocenters. The minimum Gasteiger partial charge on any atom is -0.397 e. The molecule has 18 heavy (non-hydrogen) atoms. The lowest BCUT2D eigenvalue weighted by Gasteiger charge is -2.11. The first-order valence-corrected chi connectivity index (χ1v) is 5.15. The first-order chi connectivity index (χ1) is 8.11. The second-order valence-electron chi connectivity index (χ2n) is 3.17. The fraction of sp³-hybridized carbons (Fsp3) is 0.222. The zero-order chi connectivity index (χ0) is 14.1. The summed E-state index contributed by atoms with van der Waals surface area (Å²) in [5.41, 5.74) is -1.03. The number of nitro benzene ring substituents is 1. The van der Waals surface area contributed by atoms with Crippen LogP contribution in [0.3, 0.4) is 0 Å². The monoisotopic (exact) mass is 327 g/mol. The second-order valence-corrected chi connectivity index (χ2v) is 4.02. The number of benzene rings is 1. The van der Waals surface area contributed by atoms with Crippen LogP contribution >= 0.6 is 15.9 Å². The van der Waals surface area contributed by atoms with E-state index in [1.165, 1.54) is 0 Å². The highest BCUT2D eigenvalue weighted by Gasteiger charge is 2.36. The maximum absolute atomic E-state index is 12.1. The van der Waals surface area contributed by atoms with Crippen molar-refractivity contribution in [3.8, 4) is 5.75 Å². The van der Waals surface area contributed by atoms with E-state index in [1.54, 1.807) is 0 Å². The molecule has 5 nitrogen and oxygen atoms in total. The highest BCUT2D eigenvalue weighted by molar-refractivity contribution is 9.10. The lowest BCUT2D eigenvalue weighted by Crippen LogP contribution is -2.18. The summed E-state index contributed by atoms with van der Waals surface area (Å²) in [5, 5.41) is 10.7. The van der Waals surface area contributed by atoms with Crippen molar-refractivity contribution in [2.75, 3.05) is 0 Å². The number of alkyl halides is 3. The molecule has 0 N–H and O–H groups in total. The zero-order valence-corrected chi connectivity index (χ0v) is 10.3. The van der Waals surface area contributed by atoms with E-state index in [2.05, 4.69) is 20.7 Å². The largest absolute Gasteiger partial charge is 0.573 e. The molecule has 0 aromatic heterocycles. The summed E-state index contributed by atoms with van der Waals surface area (Å²) in [4.78, 5) is 20.7. The molecule has 0 saturated heterocycles. The number of nitro groups is 1. The summed E-state index contributed by atoms with van der Waals surface area (Å²) in [6, 6.07) is 1.75. The van der Waals surface area contributed by atoms with E-state index in [9.17, 15) is 28.1 Å². The molecule has 0 aliphatic heterocycles. The van der Waals surface area contributed by atoms with Gasteiger partial charge in [0.25, 0.3) is 0 Å². The Morgan fingerprint density at radius 2 is 2.00 bits per heavy atom. The Kier molecular flexibility index (Phi) is 3.95. The number of halogens is 4. The number of ether oxygens (including phenoxy) is 1. The zero-order valence-electron chi connectivity index (χ0n) is 8.75. The first kappa shape index (κ1) is 14.4. The molecule has 0 fully saturated rings. The predicted octanol–water partition coefficient (Wildman–Crippen LogP) is 3.46. The third-order valence-corrected chi connectivity index (χ3v) is 2.43. The molecule has 1 aromatic rings. The molecule has 1 rings (SSSR count). The lowest BCUT2D eigenvalue weighted by molar-refractivity contribution is -0.388. The summed E-state index contributed by atoms with van der Waals surface area (Å²) in [7, 11) is 0. The molecule has 1 aromatic carbocycles. The summed E-state index contributed by atoms with van der Waals surface area (Å²) >= 11 is 2.71. The van der Waals surface area contributed by atoms with Crippen LogP contribution in [0.5, 0.6) is 5.75 Å². The summed E-state index contributed by atoms with van der Waals surface area (Å²) < 4.78 is 39.5. The van der Waals surface area contributed by atoms with Gasteiger partial charge in [0.2, 0.25) is 5.75 Å². The van der Waals surface area contributed by atoms with Crippen LogP contribution in [-0.4, -0.2) is 17.1 Å². The number of Topliss-reactive ketones (excluding diaryl/α,β-unsaturated/α-hetero) is 1. The maximum atomic E-state index is 12.1. The average Bonchev–Trinajstić information content (AvgIpc) is 2.18. The summed E-state index contributed by atoms with van der Waals surface area (Å²) in [6.45, 7) is 1.13. The fourth-order valence-electron chi connectivity index (χ4n) is 1.13. The smallest absolute Gasteiger partial charge is 0.397 e. The molecule has 0 spiro atoms. The van der Waals surface area contributed by atoms with Crippen LogP contribution in [0.15, 0.2) is 16.6 Å². The van der Waals surface area contributed by atoms with Gasteiger partial charge in [0.05, 0.1) is 9.40 Å². The van der Waals surface area contributed by atoms with Crippen molar-refractivity contribution in [2.24, 2.45) is 0 Å². The summed E-state index contributed by atoms with van der Waals surface area (Å²) in [5.74, 6) is -1.50. The Hall–Kier alpha value is -1.64. The lowest BCUT2D eigenvalue weighted by atomic mass is 10.1. The van der Waals surface area contributed by atoms with E-state index in [-0.39, 0.29) is 10.0 Å². The minimum atomic E-state index is -5.06. The van der Waals surface area contributed by atoms with Crippen LogP contribution in [0.25, 0.3) is 0 Å². The minimum absolute atomic E-state index is 0.0944. The Morgan fingerprint density at radius 1 is 1.44 bits per heavy atom. The van der Waals surface area contributed by atoms with E-state index in [0.717, 1.165) is 19.1 Å². The van der Waals surface area contributed by atoms with Gasteiger partial charge in [0.1, 0.15) is 0 Å². The van der Waals surface area contributed by atoms with Gasteiger partial charge in [-0.05, 0) is 28.9 Å². The number of carbonyl (C=O) groups is 1. The molecule has 0 bridgehead atoms.